The van der Waals surface area contributed by atoms with Crippen LogP contribution in [0, 0.1) is 0 Å². The Kier molecular flexibility index (Phi) is 4.72. The summed E-state index contributed by atoms with van der Waals surface area (Å²) in [6.45, 7) is 0.327. The van der Waals surface area contributed by atoms with Gasteiger partial charge in [-0.05, 0) is 35.7 Å². The number of rotatable bonds is 6. The van der Waals surface area contributed by atoms with E-state index < -0.39 is 0 Å². The molecule has 154 valence electrons. The second-order valence-electron chi connectivity index (χ2n) is 7.36. The van der Waals surface area contributed by atoms with Crippen LogP contribution < -0.4 is 0 Å². The van der Waals surface area contributed by atoms with Crippen molar-refractivity contribution in [2.75, 3.05) is 13.3 Å². The molecule has 2 aliphatic heterocycles. The molecule has 0 atom stereocenters. The molecule has 0 unspecified atom stereocenters. The number of carbonyl (C=O) groups excluding carboxylic acids is 4. The second kappa shape index (κ2) is 7.57. The van der Waals surface area contributed by atoms with E-state index in [9.17, 15) is 19.2 Å². The topological polar surface area (TPSA) is 78.0 Å². The van der Waals surface area contributed by atoms with E-state index in [4.69, 9.17) is 0 Å². The molecule has 1 aromatic heterocycles. The number of nitrogens with zero attached hydrogens (tertiary/aromatic N) is 3. The van der Waals surface area contributed by atoms with Crippen LogP contribution in [0.4, 0.5) is 0 Å². The highest BCUT2D eigenvalue weighted by atomic mass is 32.1. The minimum absolute atomic E-state index is 0.0301. The fourth-order valence-corrected chi connectivity index (χ4v) is 4.65. The number of hydrogen-bond acceptors (Lipinski definition) is 6. The van der Waals surface area contributed by atoms with E-state index in [0.717, 1.165) is 14.7 Å². The Hall–Kier alpha value is -3.62. The molecular weight excluding hydrogens is 414 g/mol. The average molecular weight is 431 g/mol. The lowest BCUT2D eigenvalue weighted by Gasteiger charge is -2.29. The number of fused-ring (bicyclic) bond motifs is 2. The van der Waals surface area contributed by atoms with Gasteiger partial charge in [-0.1, -0.05) is 30.3 Å². The Morgan fingerprint density at radius 2 is 1.03 bits per heavy atom. The first-order chi connectivity index (χ1) is 15.0. The number of amides is 4. The van der Waals surface area contributed by atoms with Crippen LogP contribution >= 0.6 is 11.3 Å². The molecule has 8 heteroatoms. The van der Waals surface area contributed by atoms with Gasteiger partial charge < -0.3 is 0 Å². The normalized spacial score (nSPS) is 15.3. The maximum absolute atomic E-state index is 12.8. The molecular formula is C23H17N3O4S. The summed E-state index contributed by atoms with van der Waals surface area (Å²) in [4.78, 5) is 56.4. The van der Waals surface area contributed by atoms with Crippen molar-refractivity contribution in [1.82, 2.24) is 14.7 Å². The van der Waals surface area contributed by atoms with Crippen molar-refractivity contribution in [2.45, 2.75) is 6.54 Å². The van der Waals surface area contributed by atoms with Gasteiger partial charge in [0.25, 0.3) is 23.6 Å². The first-order valence-electron chi connectivity index (χ1n) is 9.70. The molecule has 2 aliphatic rings. The van der Waals surface area contributed by atoms with Crippen molar-refractivity contribution >= 4 is 35.0 Å². The van der Waals surface area contributed by atoms with Crippen LogP contribution in [0.25, 0.3) is 0 Å². The molecule has 0 spiro atoms. The monoisotopic (exact) mass is 431 g/mol. The summed E-state index contributed by atoms with van der Waals surface area (Å²) in [5.74, 6) is -1.50. The molecule has 0 bridgehead atoms. The summed E-state index contributed by atoms with van der Waals surface area (Å²) in [6.07, 6.45) is 0. The average Bonchev–Trinajstić information content (AvgIpc) is 3.45. The summed E-state index contributed by atoms with van der Waals surface area (Å²) < 4.78 is 0. The number of carbonyl (C=O) groups is 4. The van der Waals surface area contributed by atoms with Gasteiger partial charge in [-0.15, -0.1) is 11.3 Å². The van der Waals surface area contributed by atoms with Crippen LogP contribution in [0.3, 0.4) is 0 Å². The smallest absolute Gasteiger partial charge is 0.262 e. The van der Waals surface area contributed by atoms with Crippen molar-refractivity contribution in [2.24, 2.45) is 0 Å². The first kappa shape index (κ1) is 19.3. The molecule has 3 heterocycles. The fourth-order valence-electron chi connectivity index (χ4n) is 3.90. The van der Waals surface area contributed by atoms with Crippen molar-refractivity contribution in [1.29, 1.82) is 0 Å². The third-order valence-electron chi connectivity index (χ3n) is 5.40. The number of hydrogen-bond donors (Lipinski definition) is 0. The number of imide groups is 2. The molecule has 5 rings (SSSR count). The molecule has 0 saturated carbocycles. The van der Waals surface area contributed by atoms with Gasteiger partial charge in [0.05, 0.1) is 35.6 Å². The zero-order chi connectivity index (χ0) is 21.5. The van der Waals surface area contributed by atoms with Crippen LogP contribution in [0.15, 0.2) is 66.0 Å². The fraction of sp³-hybridized carbons (Fsp3) is 0.130. The SMILES string of the molecule is O=C1c2ccccc2C(=O)N1CN(Cc1cccs1)CN1C(=O)c2ccccc2C1=O. The largest absolute Gasteiger partial charge is 0.269 e. The lowest BCUT2D eigenvalue weighted by Crippen LogP contribution is -2.47. The predicted octanol–water partition coefficient (Wildman–Crippen LogP) is 3.06. The quantitative estimate of drug-likeness (QED) is 0.561. The lowest BCUT2D eigenvalue weighted by molar-refractivity contribution is 0.0382. The van der Waals surface area contributed by atoms with E-state index in [1.165, 1.54) is 11.3 Å². The molecule has 0 fully saturated rings. The van der Waals surface area contributed by atoms with Crippen molar-refractivity contribution in [3.05, 3.63) is 93.2 Å². The first-order valence-corrected chi connectivity index (χ1v) is 10.6. The Morgan fingerprint density at radius 3 is 1.39 bits per heavy atom. The van der Waals surface area contributed by atoms with E-state index in [-0.39, 0.29) is 37.0 Å². The van der Waals surface area contributed by atoms with E-state index in [2.05, 4.69) is 0 Å². The zero-order valence-electron chi connectivity index (χ0n) is 16.4. The van der Waals surface area contributed by atoms with Crippen molar-refractivity contribution < 1.29 is 19.2 Å². The molecule has 0 aliphatic carbocycles. The minimum atomic E-state index is -0.376. The summed E-state index contributed by atoms with van der Waals surface area (Å²) in [6, 6.07) is 17.2. The highest BCUT2D eigenvalue weighted by molar-refractivity contribution is 7.09. The van der Waals surface area contributed by atoms with Crippen LogP contribution in [0.1, 0.15) is 46.3 Å². The van der Waals surface area contributed by atoms with Gasteiger partial charge in [-0.2, -0.15) is 0 Å². The van der Waals surface area contributed by atoms with Crippen LogP contribution in [-0.4, -0.2) is 51.7 Å². The summed E-state index contributed by atoms with van der Waals surface area (Å²) >= 11 is 1.53. The summed E-state index contributed by atoms with van der Waals surface area (Å²) in [5.41, 5.74) is 1.46. The molecule has 2 aromatic carbocycles. The van der Waals surface area contributed by atoms with E-state index in [0.29, 0.717) is 28.8 Å². The van der Waals surface area contributed by atoms with Gasteiger partial charge in [0.15, 0.2) is 0 Å². The van der Waals surface area contributed by atoms with E-state index >= 15 is 0 Å². The number of benzene rings is 2. The van der Waals surface area contributed by atoms with Crippen LogP contribution in [-0.2, 0) is 6.54 Å². The maximum atomic E-state index is 12.8. The molecule has 0 saturated heterocycles. The third kappa shape index (κ3) is 3.26. The van der Waals surface area contributed by atoms with Gasteiger partial charge in [0, 0.05) is 11.4 Å². The Morgan fingerprint density at radius 1 is 0.613 bits per heavy atom. The van der Waals surface area contributed by atoms with Gasteiger partial charge in [-0.25, -0.2) is 0 Å². The van der Waals surface area contributed by atoms with Gasteiger partial charge in [0.1, 0.15) is 0 Å². The molecule has 7 nitrogen and oxygen atoms in total. The summed E-state index contributed by atoms with van der Waals surface area (Å²) in [7, 11) is 0. The van der Waals surface area contributed by atoms with Crippen LogP contribution in [0.5, 0.6) is 0 Å². The highest BCUT2D eigenvalue weighted by Crippen LogP contribution is 2.26. The van der Waals surface area contributed by atoms with E-state index in [1.54, 1.807) is 53.4 Å². The van der Waals surface area contributed by atoms with Gasteiger partial charge >= 0.3 is 0 Å². The van der Waals surface area contributed by atoms with E-state index in [1.807, 2.05) is 17.5 Å². The minimum Gasteiger partial charge on any atom is -0.269 e. The highest BCUT2D eigenvalue weighted by Gasteiger charge is 2.39. The van der Waals surface area contributed by atoms with Crippen molar-refractivity contribution in [3.63, 3.8) is 0 Å². The predicted molar refractivity (Wildman–Crippen MR) is 113 cm³/mol. The Balaban J connectivity index is 1.41. The zero-order valence-corrected chi connectivity index (χ0v) is 17.2. The van der Waals surface area contributed by atoms with Crippen molar-refractivity contribution in [3.8, 4) is 0 Å². The van der Waals surface area contributed by atoms with Crippen LogP contribution in [0.2, 0.25) is 0 Å². The third-order valence-corrected chi connectivity index (χ3v) is 6.26. The molecule has 31 heavy (non-hydrogen) atoms. The van der Waals surface area contributed by atoms with Gasteiger partial charge in [-0.3, -0.25) is 33.9 Å². The molecule has 0 radical (unpaired) electrons. The standard InChI is InChI=1S/C23H17N3O4S/c27-20-16-7-1-2-8-17(16)21(28)25(20)13-24(12-15-6-5-11-31-15)14-26-22(29)18-9-3-4-10-19(18)23(26)30/h1-11H,12-14H2. The number of thiophene rings is 1. The molecule has 3 aromatic rings. The maximum Gasteiger partial charge on any atom is 0.262 e. The Bertz CT molecular complexity index is 1070. The second-order valence-corrected chi connectivity index (χ2v) is 8.39. The molecule has 4 amide bonds. The molecule has 0 N–H and O–H groups in total. The van der Waals surface area contributed by atoms with Gasteiger partial charge in [0.2, 0.25) is 0 Å². The Labute approximate surface area is 182 Å². The lowest BCUT2D eigenvalue weighted by atomic mass is 10.1. The summed E-state index contributed by atoms with van der Waals surface area (Å²) in [5, 5.41) is 1.93.